The molecular weight excluding hydrogens is 326 g/mol. The second-order valence-electron chi connectivity index (χ2n) is 5.19. The summed E-state index contributed by atoms with van der Waals surface area (Å²) < 4.78 is 10.6. The van der Waals surface area contributed by atoms with E-state index in [0.717, 1.165) is 0 Å². The van der Waals surface area contributed by atoms with E-state index < -0.39 is 5.97 Å². The average molecular weight is 341 g/mol. The maximum absolute atomic E-state index is 11.3. The fourth-order valence-electron chi connectivity index (χ4n) is 2.55. The molecule has 0 unspecified atom stereocenters. The predicted octanol–water partition coefficient (Wildman–Crippen LogP) is 2.30. The Balaban J connectivity index is 2.32. The van der Waals surface area contributed by atoms with Crippen LogP contribution in [0.5, 0.6) is 17.2 Å². The highest BCUT2D eigenvalue weighted by Gasteiger charge is 2.16. The summed E-state index contributed by atoms with van der Waals surface area (Å²) in [5, 5.41) is 19.5. The zero-order chi connectivity index (χ0) is 18.1. The molecule has 0 aliphatic heterocycles. The third-order valence-corrected chi connectivity index (χ3v) is 3.72. The summed E-state index contributed by atoms with van der Waals surface area (Å²) in [5.41, 5.74) is 6.97. The molecule has 1 heterocycles. The molecule has 25 heavy (non-hydrogen) atoms. The van der Waals surface area contributed by atoms with E-state index in [1.165, 1.54) is 26.4 Å². The van der Waals surface area contributed by atoms with Crippen LogP contribution in [-0.4, -0.2) is 40.4 Å². The number of benzene rings is 2. The monoisotopic (exact) mass is 341 g/mol. The Morgan fingerprint density at radius 3 is 2.40 bits per heavy atom. The van der Waals surface area contributed by atoms with E-state index in [4.69, 9.17) is 15.2 Å². The first-order valence-corrected chi connectivity index (χ1v) is 7.20. The van der Waals surface area contributed by atoms with Gasteiger partial charge in [0.05, 0.1) is 25.4 Å². The van der Waals surface area contributed by atoms with Crippen molar-refractivity contribution in [2.45, 2.75) is 0 Å². The number of anilines is 1. The Labute approximate surface area is 142 Å². The number of rotatable bonds is 4. The van der Waals surface area contributed by atoms with Crippen molar-refractivity contribution < 1.29 is 24.5 Å². The van der Waals surface area contributed by atoms with Crippen molar-refractivity contribution in [3.05, 3.63) is 35.9 Å². The van der Waals surface area contributed by atoms with Crippen LogP contribution < -0.4 is 15.2 Å². The van der Waals surface area contributed by atoms with E-state index in [9.17, 15) is 15.0 Å². The van der Waals surface area contributed by atoms with E-state index >= 15 is 0 Å². The summed E-state index contributed by atoms with van der Waals surface area (Å²) in [6.45, 7) is 0. The molecule has 4 N–H and O–H groups in total. The molecule has 0 saturated heterocycles. The van der Waals surface area contributed by atoms with Crippen LogP contribution in [0.2, 0.25) is 0 Å². The molecule has 0 spiro atoms. The van der Waals surface area contributed by atoms with Crippen LogP contribution in [0.1, 0.15) is 10.4 Å². The van der Waals surface area contributed by atoms with Crippen LogP contribution in [0.25, 0.3) is 22.2 Å². The van der Waals surface area contributed by atoms with Crippen molar-refractivity contribution in [2.24, 2.45) is 0 Å². The fraction of sp³-hybridized carbons (Fsp3) is 0.118. The number of carboxylic acid groups (broad SMARTS) is 1. The normalized spacial score (nSPS) is 10.6. The smallest absolute Gasteiger partial charge is 0.339 e. The average Bonchev–Trinajstić information content (AvgIpc) is 2.60. The van der Waals surface area contributed by atoms with Gasteiger partial charge in [-0.05, 0) is 24.3 Å². The van der Waals surface area contributed by atoms with E-state index in [1.807, 2.05) is 0 Å². The standard InChI is InChI=1S/C17H15N3O5/c1-24-13-6-9-11(7-14(13)25-2)19-17(18)20-15(9)8-3-4-12(21)10(5-8)16(22)23/h3-7,21H,1-2H3,(H,22,23)(H2,18,19,20). The molecule has 8 heteroatoms. The number of carboxylic acids is 1. The Morgan fingerprint density at radius 1 is 1.08 bits per heavy atom. The molecule has 0 atom stereocenters. The number of aromatic hydroxyl groups is 1. The maximum Gasteiger partial charge on any atom is 0.339 e. The first-order chi connectivity index (χ1) is 11.9. The van der Waals surface area contributed by atoms with Crippen LogP contribution >= 0.6 is 0 Å². The van der Waals surface area contributed by atoms with E-state index in [2.05, 4.69) is 9.97 Å². The number of methoxy groups -OCH3 is 2. The number of ether oxygens (including phenoxy) is 2. The largest absolute Gasteiger partial charge is 0.507 e. The molecule has 1 aromatic heterocycles. The predicted molar refractivity (Wildman–Crippen MR) is 91.1 cm³/mol. The van der Waals surface area contributed by atoms with Crippen LogP contribution in [0.4, 0.5) is 5.95 Å². The highest BCUT2D eigenvalue weighted by atomic mass is 16.5. The third kappa shape index (κ3) is 2.85. The molecule has 0 aliphatic carbocycles. The zero-order valence-electron chi connectivity index (χ0n) is 13.5. The Bertz CT molecular complexity index is 988. The van der Waals surface area contributed by atoms with Gasteiger partial charge in [-0.25, -0.2) is 14.8 Å². The second-order valence-corrected chi connectivity index (χ2v) is 5.19. The minimum Gasteiger partial charge on any atom is -0.507 e. The van der Waals surface area contributed by atoms with Crippen LogP contribution in [0, 0.1) is 0 Å². The summed E-state index contributed by atoms with van der Waals surface area (Å²) >= 11 is 0. The van der Waals surface area contributed by atoms with Crippen LogP contribution in [-0.2, 0) is 0 Å². The van der Waals surface area contributed by atoms with E-state index in [0.29, 0.717) is 33.7 Å². The maximum atomic E-state index is 11.3. The number of aromatic carboxylic acids is 1. The number of hydrogen-bond donors (Lipinski definition) is 3. The van der Waals surface area contributed by atoms with Gasteiger partial charge in [-0.1, -0.05) is 0 Å². The van der Waals surface area contributed by atoms with Crippen molar-refractivity contribution in [1.82, 2.24) is 9.97 Å². The number of hydrogen-bond acceptors (Lipinski definition) is 7. The van der Waals surface area contributed by atoms with Crippen molar-refractivity contribution in [1.29, 1.82) is 0 Å². The summed E-state index contributed by atoms with van der Waals surface area (Å²) in [6, 6.07) is 7.53. The van der Waals surface area contributed by atoms with Gasteiger partial charge in [-0.2, -0.15) is 0 Å². The molecule has 128 valence electrons. The van der Waals surface area contributed by atoms with Crippen LogP contribution in [0.3, 0.4) is 0 Å². The molecule has 8 nitrogen and oxygen atoms in total. The topological polar surface area (TPSA) is 128 Å². The van der Waals surface area contributed by atoms with Crippen molar-refractivity contribution in [3.8, 4) is 28.5 Å². The number of nitrogens with zero attached hydrogens (tertiary/aromatic N) is 2. The molecule has 2 aromatic carbocycles. The lowest BCUT2D eigenvalue weighted by molar-refractivity contribution is 0.0694. The molecule has 0 radical (unpaired) electrons. The van der Waals surface area contributed by atoms with Gasteiger partial charge >= 0.3 is 5.97 Å². The van der Waals surface area contributed by atoms with Crippen LogP contribution in [0.15, 0.2) is 30.3 Å². The number of aromatic nitrogens is 2. The van der Waals surface area contributed by atoms with Gasteiger partial charge < -0.3 is 25.4 Å². The molecule has 3 aromatic rings. The van der Waals surface area contributed by atoms with E-state index in [-0.39, 0.29) is 17.3 Å². The summed E-state index contributed by atoms with van der Waals surface area (Å²) in [7, 11) is 3.01. The molecule has 3 rings (SSSR count). The van der Waals surface area contributed by atoms with Gasteiger partial charge in [-0.3, -0.25) is 0 Å². The second kappa shape index (κ2) is 6.16. The first kappa shape index (κ1) is 16.3. The SMILES string of the molecule is COc1cc2nc(N)nc(-c3ccc(O)c(C(=O)O)c3)c2cc1OC. The number of nitrogen functional groups attached to an aromatic ring is 1. The van der Waals surface area contributed by atoms with Crippen molar-refractivity contribution in [3.63, 3.8) is 0 Å². The number of fused-ring (bicyclic) bond motifs is 1. The van der Waals surface area contributed by atoms with Gasteiger partial charge in [0.15, 0.2) is 11.5 Å². The minimum atomic E-state index is -1.25. The van der Waals surface area contributed by atoms with Gasteiger partial charge in [0.2, 0.25) is 5.95 Å². The Hall–Kier alpha value is -3.55. The number of nitrogens with two attached hydrogens (primary N) is 1. The fourth-order valence-corrected chi connectivity index (χ4v) is 2.55. The molecule has 0 fully saturated rings. The first-order valence-electron chi connectivity index (χ1n) is 7.20. The highest BCUT2D eigenvalue weighted by Crippen LogP contribution is 2.36. The van der Waals surface area contributed by atoms with E-state index in [1.54, 1.807) is 18.2 Å². The molecule has 0 aliphatic rings. The summed E-state index contributed by atoms with van der Waals surface area (Å²) in [6.07, 6.45) is 0. The van der Waals surface area contributed by atoms with Gasteiger partial charge in [0, 0.05) is 17.0 Å². The zero-order valence-corrected chi connectivity index (χ0v) is 13.5. The Kier molecular flexibility index (Phi) is 4.02. The minimum absolute atomic E-state index is 0.0275. The number of phenols is 1. The molecule has 0 bridgehead atoms. The molecule has 0 amide bonds. The Morgan fingerprint density at radius 2 is 1.76 bits per heavy atom. The third-order valence-electron chi connectivity index (χ3n) is 3.72. The quantitative estimate of drug-likeness (QED) is 0.659. The van der Waals surface area contributed by atoms with Gasteiger partial charge in [0.1, 0.15) is 11.3 Å². The highest BCUT2D eigenvalue weighted by molar-refractivity contribution is 5.98. The lowest BCUT2D eigenvalue weighted by Gasteiger charge is -2.12. The number of carbonyl (C=O) groups is 1. The summed E-state index contributed by atoms with van der Waals surface area (Å²) in [4.78, 5) is 19.7. The van der Waals surface area contributed by atoms with Gasteiger partial charge in [0.25, 0.3) is 0 Å². The van der Waals surface area contributed by atoms with Gasteiger partial charge in [-0.15, -0.1) is 0 Å². The lowest BCUT2D eigenvalue weighted by Crippen LogP contribution is -2.01. The van der Waals surface area contributed by atoms with Crippen molar-refractivity contribution in [2.75, 3.05) is 20.0 Å². The summed E-state index contributed by atoms with van der Waals surface area (Å²) in [5.74, 6) is -0.593. The molecular formula is C17H15N3O5. The molecule has 0 saturated carbocycles. The lowest BCUT2D eigenvalue weighted by atomic mass is 10.0. The van der Waals surface area contributed by atoms with Crippen molar-refractivity contribution >= 4 is 22.8 Å².